The number of hydrogen-bond donors (Lipinski definition) is 0. The fraction of sp³-hybridized carbons (Fsp3) is 0.182. The van der Waals surface area contributed by atoms with Gasteiger partial charge in [-0.15, -0.1) is 13.2 Å². The molecule has 2 atom stereocenters. The molecule has 0 amide bonds. The van der Waals surface area contributed by atoms with Crippen LogP contribution >= 0.6 is 0 Å². The molecule has 4 rings (SSSR count). The van der Waals surface area contributed by atoms with Gasteiger partial charge >= 0.3 is 148 Å². The molecular weight excluding hydrogens is 546 g/mol. The first-order chi connectivity index (χ1) is 12.3. The van der Waals surface area contributed by atoms with Crippen LogP contribution in [0.1, 0.15) is 29.6 Å². The molecule has 2 aliphatic rings. The van der Waals surface area contributed by atoms with E-state index in [1.165, 1.54) is 22.3 Å². The Morgan fingerprint density at radius 2 is 1.15 bits per heavy atom. The topological polar surface area (TPSA) is 18.5 Å². The summed E-state index contributed by atoms with van der Waals surface area (Å²) in [7, 11) is 3.45. The third-order valence-corrected chi connectivity index (χ3v) is 10.8. The van der Waals surface area contributed by atoms with Crippen LogP contribution in [0.3, 0.4) is 0 Å². The molecule has 2 unspecified atom stereocenters. The molecule has 0 saturated heterocycles. The van der Waals surface area contributed by atoms with Crippen molar-refractivity contribution in [3.8, 4) is 11.5 Å². The zero-order chi connectivity index (χ0) is 17.8. The summed E-state index contributed by atoms with van der Waals surface area (Å²) >= 11 is -0.925. The maximum atomic E-state index is 5.34. The summed E-state index contributed by atoms with van der Waals surface area (Å²) in [4.78, 5) is 0. The molecule has 0 radical (unpaired) electrons. The summed E-state index contributed by atoms with van der Waals surface area (Å²) in [5.41, 5.74) is 5.64. The summed E-state index contributed by atoms with van der Waals surface area (Å²) in [5, 5.41) is 0. The van der Waals surface area contributed by atoms with Crippen molar-refractivity contribution in [1.29, 1.82) is 0 Å². The van der Waals surface area contributed by atoms with Crippen LogP contribution in [0.25, 0.3) is 12.2 Å². The predicted octanol–water partition coefficient (Wildman–Crippen LogP) is -0.567. The van der Waals surface area contributed by atoms with Gasteiger partial charge in [0.25, 0.3) is 0 Å². The molecule has 5 heteroatoms. The Morgan fingerprint density at radius 3 is 1.52 bits per heavy atom. The van der Waals surface area contributed by atoms with Crippen LogP contribution in [0.5, 0.6) is 11.5 Å². The monoisotopic (exact) mass is 568 g/mol. The minimum absolute atomic E-state index is 0. The second-order valence-corrected chi connectivity index (χ2v) is 11.5. The first kappa shape index (κ1) is 23.7. The maximum absolute atomic E-state index is 5.34. The smallest absolute Gasteiger partial charge is 1.00 e. The van der Waals surface area contributed by atoms with Gasteiger partial charge in [-0.3, -0.25) is 0 Å². The van der Waals surface area contributed by atoms with Crippen molar-refractivity contribution in [2.24, 2.45) is 0 Å². The molecule has 0 saturated carbocycles. The third kappa shape index (κ3) is 4.96. The molecule has 0 spiro atoms. The molecular formula is C22H22Cl2HfO2. The van der Waals surface area contributed by atoms with E-state index in [1.54, 1.807) is 14.2 Å². The minimum Gasteiger partial charge on any atom is -1.00 e. The molecule has 2 aromatic carbocycles. The van der Waals surface area contributed by atoms with Crippen LogP contribution in [-0.4, -0.2) is 14.2 Å². The van der Waals surface area contributed by atoms with Crippen molar-refractivity contribution in [2.45, 2.75) is 7.35 Å². The maximum Gasteiger partial charge on any atom is -1.00 e. The molecule has 2 nitrogen and oxygen atoms in total. The quantitative estimate of drug-likeness (QED) is 0.364. The second-order valence-electron chi connectivity index (χ2n) is 5.83. The van der Waals surface area contributed by atoms with Gasteiger partial charge in [-0.25, -0.2) is 0 Å². The Labute approximate surface area is 185 Å². The third-order valence-electron chi connectivity index (χ3n) is 4.55. The molecule has 2 aromatic rings. The van der Waals surface area contributed by atoms with E-state index < -0.39 is 22.9 Å². The van der Waals surface area contributed by atoms with Crippen LogP contribution < -0.4 is 34.3 Å². The van der Waals surface area contributed by atoms with E-state index in [0.717, 1.165) is 11.5 Å². The Hall–Kier alpha value is -1.29. The van der Waals surface area contributed by atoms with Crippen molar-refractivity contribution in [3.63, 3.8) is 0 Å². The Balaban J connectivity index is 0.000000883. The van der Waals surface area contributed by atoms with Gasteiger partial charge in [-0.2, -0.15) is 0 Å². The fourth-order valence-corrected chi connectivity index (χ4v) is 9.36. The second kappa shape index (κ2) is 10.9. The van der Waals surface area contributed by atoms with E-state index >= 15 is 0 Å². The van der Waals surface area contributed by atoms with Gasteiger partial charge in [0.2, 0.25) is 0 Å². The van der Waals surface area contributed by atoms with Crippen molar-refractivity contribution < 1.29 is 57.2 Å². The van der Waals surface area contributed by atoms with Crippen molar-refractivity contribution in [2.75, 3.05) is 14.2 Å². The fourth-order valence-electron chi connectivity index (χ4n) is 3.31. The Bertz CT molecular complexity index is 766. The Kier molecular flexibility index (Phi) is 9.58. The van der Waals surface area contributed by atoms with Crippen LogP contribution in [-0.2, 0) is 22.9 Å². The summed E-state index contributed by atoms with van der Waals surface area (Å²) in [6.07, 6.45) is 9.34. The molecule has 0 heterocycles. The predicted molar refractivity (Wildman–Crippen MR) is 101 cm³/mol. The zero-order valence-corrected chi connectivity index (χ0v) is 20.5. The average Bonchev–Trinajstić information content (AvgIpc) is 3.27. The number of halogens is 2. The minimum atomic E-state index is -0.925. The van der Waals surface area contributed by atoms with Gasteiger partial charge in [0.15, 0.2) is 0 Å². The number of ether oxygens (including phenoxy) is 2. The van der Waals surface area contributed by atoms with Crippen LogP contribution in [0.2, 0.25) is 0 Å². The zero-order valence-electron chi connectivity index (χ0n) is 15.4. The first-order valence-corrected chi connectivity index (χ1v) is 12.4. The molecule has 0 aromatic heterocycles. The van der Waals surface area contributed by atoms with Gasteiger partial charge in [-0.05, 0) is 0 Å². The van der Waals surface area contributed by atoms with E-state index in [4.69, 9.17) is 9.47 Å². The van der Waals surface area contributed by atoms with E-state index in [-0.39, 0.29) is 24.8 Å². The summed E-state index contributed by atoms with van der Waals surface area (Å²) in [6, 6.07) is 13.0. The molecule has 27 heavy (non-hydrogen) atoms. The van der Waals surface area contributed by atoms with Crippen LogP contribution in [0.4, 0.5) is 0 Å². The molecule has 140 valence electrons. The molecule has 2 aliphatic carbocycles. The van der Waals surface area contributed by atoms with E-state index in [2.05, 4.69) is 73.9 Å². The number of rotatable bonds is 4. The van der Waals surface area contributed by atoms with Crippen molar-refractivity contribution in [1.82, 2.24) is 0 Å². The molecule has 0 fully saturated rings. The van der Waals surface area contributed by atoms with E-state index in [9.17, 15) is 0 Å². The van der Waals surface area contributed by atoms with Gasteiger partial charge in [0.05, 0.1) is 0 Å². The van der Waals surface area contributed by atoms with Gasteiger partial charge in [0, 0.05) is 0 Å². The largest absolute Gasteiger partial charge is 1.00 e. The van der Waals surface area contributed by atoms with Gasteiger partial charge < -0.3 is 24.8 Å². The van der Waals surface area contributed by atoms with Gasteiger partial charge in [0.1, 0.15) is 0 Å². The number of benzene rings is 2. The standard InChI is InChI=1S/2C10H9O.C2H4.2ClH.Hf/c2*1-11-10-6-5-8-3-2-4-9(8)7-10;1-2;;;/h2*2-7H,1H3;1-2H2;2*1H;/q;;;;;+2/p-2. The Morgan fingerprint density at radius 1 is 0.741 bits per heavy atom. The van der Waals surface area contributed by atoms with E-state index in [1.807, 2.05) is 0 Å². The summed E-state index contributed by atoms with van der Waals surface area (Å²) in [5.74, 6) is 1.89. The van der Waals surface area contributed by atoms with Gasteiger partial charge in [-0.1, -0.05) is 0 Å². The van der Waals surface area contributed by atoms with Crippen molar-refractivity contribution in [3.05, 3.63) is 84.0 Å². The summed E-state index contributed by atoms with van der Waals surface area (Å²) < 4.78 is 12.0. The average molecular weight is 568 g/mol. The normalized spacial score (nSPS) is 17.3. The van der Waals surface area contributed by atoms with E-state index in [0.29, 0.717) is 7.35 Å². The van der Waals surface area contributed by atoms with Crippen LogP contribution in [0.15, 0.2) is 61.7 Å². The number of hydrogen-bond acceptors (Lipinski definition) is 2. The number of fused-ring (bicyclic) bond motifs is 2. The number of allylic oxidation sites excluding steroid dienone is 2. The molecule has 0 bridgehead atoms. The molecule has 0 N–H and O–H groups in total. The SMILES string of the molecule is C=C.COc1ccc2c(c1)C=C[CH]2[Hf+2][CH]1C=Cc2cc(OC)ccc21.[Cl-].[Cl-]. The summed E-state index contributed by atoms with van der Waals surface area (Å²) in [6.45, 7) is 6.00. The first-order valence-electron chi connectivity index (χ1n) is 8.27. The van der Waals surface area contributed by atoms with Crippen LogP contribution in [0, 0.1) is 0 Å². The van der Waals surface area contributed by atoms with Crippen molar-refractivity contribution >= 4 is 12.2 Å². The number of methoxy groups -OCH3 is 2. The molecule has 0 aliphatic heterocycles.